The monoisotopic (exact) mass is 376 g/mol. The lowest BCUT2D eigenvalue weighted by Gasteiger charge is -2.31. The third kappa shape index (κ3) is 4.62. The number of nitrogens with zero attached hydrogens (tertiary/aromatic N) is 1. The number of halogens is 3. The van der Waals surface area contributed by atoms with Gasteiger partial charge in [0.15, 0.2) is 0 Å². The van der Waals surface area contributed by atoms with Crippen LogP contribution in [0, 0.1) is 5.92 Å². The van der Waals surface area contributed by atoms with Gasteiger partial charge < -0.3 is 10.2 Å². The topological polar surface area (TPSA) is 32.3 Å². The summed E-state index contributed by atoms with van der Waals surface area (Å²) >= 11 is 0. The molecule has 2 aromatic rings. The van der Waals surface area contributed by atoms with Crippen LogP contribution in [0.25, 0.3) is 0 Å². The van der Waals surface area contributed by atoms with Gasteiger partial charge in [-0.3, -0.25) is 4.79 Å². The predicted molar refractivity (Wildman–Crippen MR) is 100 cm³/mol. The van der Waals surface area contributed by atoms with E-state index in [-0.39, 0.29) is 18.7 Å². The minimum Gasteiger partial charge on any atom is -0.349 e. The summed E-state index contributed by atoms with van der Waals surface area (Å²) in [6.45, 7) is 0. The molecule has 0 spiro atoms. The zero-order chi connectivity index (χ0) is 19.4. The molecule has 1 N–H and O–H groups in total. The number of carbonyl (C=O) groups is 1. The molecule has 0 aromatic heterocycles. The largest absolute Gasteiger partial charge is 0.391 e. The Morgan fingerprint density at radius 3 is 2.41 bits per heavy atom. The Labute approximate surface area is 157 Å². The molecular weight excluding hydrogens is 353 g/mol. The molecule has 0 bridgehead atoms. The Morgan fingerprint density at radius 1 is 1.04 bits per heavy atom. The molecule has 0 aliphatic heterocycles. The van der Waals surface area contributed by atoms with Gasteiger partial charge in [0, 0.05) is 18.8 Å². The second-order valence-electron chi connectivity index (χ2n) is 6.99. The number of carbonyl (C=O) groups excluding carboxylic acids is 1. The summed E-state index contributed by atoms with van der Waals surface area (Å²) in [5, 5.41) is 2.82. The maximum Gasteiger partial charge on any atom is 0.391 e. The fourth-order valence-electron chi connectivity index (χ4n) is 3.63. The maximum atomic E-state index is 13.0. The first-order valence-electron chi connectivity index (χ1n) is 9.11. The van der Waals surface area contributed by atoms with Crippen LogP contribution < -0.4 is 10.2 Å². The van der Waals surface area contributed by atoms with Crippen LogP contribution in [0.5, 0.6) is 0 Å². The van der Waals surface area contributed by atoms with E-state index in [9.17, 15) is 18.0 Å². The SMILES string of the molecule is CN(c1ccccc1)c1ccccc1C(=O)NC1CCCC(C(F)(F)F)C1. The van der Waals surface area contributed by atoms with E-state index < -0.39 is 18.1 Å². The molecule has 3 nitrogen and oxygen atoms in total. The van der Waals surface area contributed by atoms with Crippen molar-refractivity contribution in [3.63, 3.8) is 0 Å². The quantitative estimate of drug-likeness (QED) is 0.785. The van der Waals surface area contributed by atoms with Crippen LogP contribution in [-0.2, 0) is 0 Å². The van der Waals surface area contributed by atoms with Crippen LogP contribution >= 0.6 is 0 Å². The molecule has 2 unspecified atom stereocenters. The minimum absolute atomic E-state index is 0.0497. The molecular formula is C21H23F3N2O. The molecule has 2 atom stereocenters. The van der Waals surface area contributed by atoms with Gasteiger partial charge in [-0.25, -0.2) is 0 Å². The van der Waals surface area contributed by atoms with Crippen LogP contribution in [0.2, 0.25) is 0 Å². The molecule has 1 aliphatic carbocycles. The van der Waals surface area contributed by atoms with Crippen molar-refractivity contribution in [1.29, 1.82) is 0 Å². The zero-order valence-electron chi connectivity index (χ0n) is 15.2. The molecule has 1 aliphatic rings. The highest BCUT2D eigenvalue weighted by atomic mass is 19.4. The lowest BCUT2D eigenvalue weighted by Crippen LogP contribution is -2.41. The first-order chi connectivity index (χ1) is 12.9. The molecule has 144 valence electrons. The number of amides is 1. The van der Waals surface area contributed by atoms with Crippen LogP contribution in [0.3, 0.4) is 0 Å². The Kier molecular flexibility index (Phi) is 5.73. The fourth-order valence-corrected chi connectivity index (χ4v) is 3.63. The van der Waals surface area contributed by atoms with Gasteiger partial charge in [-0.15, -0.1) is 0 Å². The number of alkyl halides is 3. The van der Waals surface area contributed by atoms with Gasteiger partial charge in [-0.1, -0.05) is 36.8 Å². The van der Waals surface area contributed by atoms with E-state index in [0.29, 0.717) is 24.1 Å². The third-order valence-corrected chi connectivity index (χ3v) is 5.13. The maximum absolute atomic E-state index is 13.0. The summed E-state index contributed by atoms with van der Waals surface area (Å²) < 4.78 is 39.0. The predicted octanol–water partition coefficient (Wildman–Crippen LogP) is 5.31. The van der Waals surface area contributed by atoms with Crippen LogP contribution in [0.15, 0.2) is 54.6 Å². The average molecular weight is 376 g/mol. The van der Waals surface area contributed by atoms with Crippen LogP contribution in [0.4, 0.5) is 24.5 Å². The smallest absolute Gasteiger partial charge is 0.349 e. The zero-order valence-corrected chi connectivity index (χ0v) is 15.2. The van der Waals surface area contributed by atoms with Gasteiger partial charge in [0.25, 0.3) is 5.91 Å². The standard InChI is InChI=1S/C21H23F3N2O/c1-26(17-10-3-2-4-11-17)19-13-6-5-12-18(19)20(27)25-16-9-7-8-15(14-16)21(22,23)24/h2-6,10-13,15-16H,7-9,14H2,1H3,(H,25,27). The average Bonchev–Trinajstić information content (AvgIpc) is 2.67. The van der Waals surface area contributed by atoms with Crippen molar-refractivity contribution in [2.45, 2.75) is 37.9 Å². The second-order valence-corrected chi connectivity index (χ2v) is 6.99. The van der Waals surface area contributed by atoms with Gasteiger partial charge in [-0.2, -0.15) is 13.2 Å². The molecule has 6 heteroatoms. The summed E-state index contributed by atoms with van der Waals surface area (Å²) in [4.78, 5) is 14.7. The lowest BCUT2D eigenvalue weighted by atomic mass is 9.85. The number of rotatable bonds is 4. The number of nitrogens with one attached hydrogen (secondary N) is 1. The first-order valence-corrected chi connectivity index (χ1v) is 9.11. The van der Waals surface area contributed by atoms with E-state index in [2.05, 4.69) is 5.32 Å². The molecule has 0 saturated heterocycles. The van der Waals surface area contributed by atoms with Crippen molar-refractivity contribution in [3.05, 3.63) is 60.2 Å². The van der Waals surface area contributed by atoms with E-state index in [4.69, 9.17) is 0 Å². The summed E-state index contributed by atoms with van der Waals surface area (Å²) in [6, 6.07) is 16.3. The van der Waals surface area contributed by atoms with Crippen molar-refractivity contribution in [3.8, 4) is 0 Å². The van der Waals surface area contributed by atoms with Gasteiger partial charge in [0.05, 0.1) is 17.2 Å². The van der Waals surface area contributed by atoms with Crippen molar-refractivity contribution in [2.75, 3.05) is 11.9 Å². The highest BCUT2D eigenvalue weighted by Crippen LogP contribution is 2.37. The molecule has 0 heterocycles. The van der Waals surface area contributed by atoms with Crippen LogP contribution in [-0.4, -0.2) is 25.2 Å². The molecule has 27 heavy (non-hydrogen) atoms. The third-order valence-electron chi connectivity index (χ3n) is 5.13. The highest BCUT2D eigenvalue weighted by molar-refractivity contribution is 6.00. The first kappa shape index (κ1) is 19.3. The summed E-state index contributed by atoms with van der Waals surface area (Å²) in [7, 11) is 1.86. The number of para-hydroxylation sites is 2. The molecule has 1 fully saturated rings. The summed E-state index contributed by atoms with van der Waals surface area (Å²) in [5.41, 5.74) is 2.09. The Morgan fingerprint density at radius 2 is 1.70 bits per heavy atom. The normalized spacial score (nSPS) is 20.1. The minimum atomic E-state index is -4.20. The molecule has 3 rings (SSSR count). The van der Waals surface area contributed by atoms with E-state index in [1.165, 1.54) is 0 Å². The number of anilines is 2. The van der Waals surface area contributed by atoms with Crippen molar-refractivity contribution in [1.82, 2.24) is 5.32 Å². The molecule has 1 amide bonds. The lowest BCUT2D eigenvalue weighted by molar-refractivity contribution is -0.183. The van der Waals surface area contributed by atoms with Gasteiger partial charge >= 0.3 is 6.18 Å². The number of benzene rings is 2. The van der Waals surface area contributed by atoms with Gasteiger partial charge in [-0.05, 0) is 43.5 Å². The van der Waals surface area contributed by atoms with Gasteiger partial charge in [0.2, 0.25) is 0 Å². The van der Waals surface area contributed by atoms with Gasteiger partial charge in [0.1, 0.15) is 0 Å². The van der Waals surface area contributed by atoms with E-state index in [1.807, 2.05) is 54.4 Å². The van der Waals surface area contributed by atoms with Crippen LogP contribution in [0.1, 0.15) is 36.0 Å². The molecule has 1 saturated carbocycles. The molecule has 0 radical (unpaired) electrons. The Bertz CT molecular complexity index is 776. The van der Waals surface area contributed by atoms with Crippen molar-refractivity contribution < 1.29 is 18.0 Å². The van der Waals surface area contributed by atoms with E-state index in [0.717, 1.165) is 5.69 Å². The van der Waals surface area contributed by atoms with E-state index in [1.54, 1.807) is 12.1 Å². The van der Waals surface area contributed by atoms with E-state index >= 15 is 0 Å². The van der Waals surface area contributed by atoms with Crippen molar-refractivity contribution in [2.24, 2.45) is 5.92 Å². The fraction of sp³-hybridized carbons (Fsp3) is 0.381. The summed E-state index contributed by atoms with van der Waals surface area (Å²) in [5.74, 6) is -1.67. The second kappa shape index (κ2) is 8.03. The number of hydrogen-bond donors (Lipinski definition) is 1. The molecule has 2 aromatic carbocycles. The summed E-state index contributed by atoms with van der Waals surface area (Å²) in [6.07, 6.45) is -3.06. The van der Waals surface area contributed by atoms with Crippen molar-refractivity contribution >= 4 is 17.3 Å². The Balaban J connectivity index is 1.76. The Hall–Kier alpha value is -2.50. The number of hydrogen-bond acceptors (Lipinski definition) is 2. The highest BCUT2D eigenvalue weighted by Gasteiger charge is 2.42.